The van der Waals surface area contributed by atoms with Crippen LogP contribution < -0.4 is 5.32 Å². The first-order valence-electron chi connectivity index (χ1n) is 8.00. The Morgan fingerprint density at radius 3 is 3.17 bits per heavy atom. The molecule has 1 amide bonds. The molecule has 1 aliphatic heterocycles. The smallest absolute Gasteiger partial charge is 0.240 e. The molecular weight excluding hydrogens is 296 g/mol. The van der Waals surface area contributed by atoms with E-state index in [0.29, 0.717) is 24.3 Å². The molecule has 3 rings (SSSR count). The van der Waals surface area contributed by atoms with Crippen molar-refractivity contribution in [2.45, 2.75) is 45.7 Å². The van der Waals surface area contributed by atoms with Crippen molar-refractivity contribution < 1.29 is 9.32 Å². The molecule has 3 heterocycles. The molecule has 8 heteroatoms. The molecule has 23 heavy (non-hydrogen) atoms. The first kappa shape index (κ1) is 15.7. The van der Waals surface area contributed by atoms with Gasteiger partial charge >= 0.3 is 0 Å². The second kappa shape index (κ2) is 6.91. The van der Waals surface area contributed by atoms with E-state index in [9.17, 15) is 4.79 Å². The summed E-state index contributed by atoms with van der Waals surface area (Å²) in [5, 5.41) is 11.1. The molecule has 2 aromatic rings. The van der Waals surface area contributed by atoms with Crippen LogP contribution in [0.15, 0.2) is 16.8 Å². The summed E-state index contributed by atoms with van der Waals surface area (Å²) in [5.41, 5.74) is 0. The second-order valence-corrected chi connectivity index (χ2v) is 5.89. The first-order chi connectivity index (χ1) is 11.1. The maximum atomic E-state index is 11.1. The number of rotatable bonds is 6. The molecule has 2 aromatic heterocycles. The Hall–Kier alpha value is -2.22. The summed E-state index contributed by atoms with van der Waals surface area (Å²) in [6.07, 6.45) is 4.79. The number of carbonyl (C=O) groups excluding carboxylic acids is 1. The Morgan fingerprint density at radius 1 is 1.52 bits per heavy atom. The highest BCUT2D eigenvalue weighted by atomic mass is 16.5. The predicted molar refractivity (Wildman–Crippen MR) is 83.8 cm³/mol. The molecule has 1 aliphatic rings. The fourth-order valence-corrected chi connectivity index (χ4v) is 2.83. The molecule has 1 N–H and O–H groups in total. The van der Waals surface area contributed by atoms with Gasteiger partial charge in [-0.3, -0.25) is 14.4 Å². The third-order valence-electron chi connectivity index (χ3n) is 3.88. The van der Waals surface area contributed by atoms with Crippen molar-refractivity contribution in [3.05, 3.63) is 24.0 Å². The van der Waals surface area contributed by atoms with Gasteiger partial charge < -0.3 is 9.84 Å². The summed E-state index contributed by atoms with van der Waals surface area (Å²) in [7, 11) is 0. The fourth-order valence-electron chi connectivity index (χ4n) is 2.83. The summed E-state index contributed by atoms with van der Waals surface area (Å²) in [4.78, 5) is 17.7. The maximum Gasteiger partial charge on any atom is 0.240 e. The van der Waals surface area contributed by atoms with Crippen molar-refractivity contribution in [2.75, 3.05) is 18.4 Å². The molecule has 1 atom stereocenters. The second-order valence-electron chi connectivity index (χ2n) is 5.89. The number of nitrogens with one attached hydrogen (secondary N) is 1. The number of hydrogen-bond acceptors (Lipinski definition) is 6. The molecule has 0 bridgehead atoms. The number of likely N-dealkylation sites (tertiary alicyclic amines) is 1. The van der Waals surface area contributed by atoms with E-state index in [2.05, 4.69) is 32.4 Å². The molecule has 8 nitrogen and oxygen atoms in total. The van der Waals surface area contributed by atoms with Crippen molar-refractivity contribution in [1.82, 2.24) is 24.8 Å². The largest absolute Gasteiger partial charge is 0.338 e. The first-order valence-corrected chi connectivity index (χ1v) is 8.00. The average molecular weight is 318 g/mol. The monoisotopic (exact) mass is 318 g/mol. The Labute approximate surface area is 134 Å². The van der Waals surface area contributed by atoms with Crippen LogP contribution in [0.4, 0.5) is 5.82 Å². The van der Waals surface area contributed by atoms with Gasteiger partial charge in [-0.25, -0.2) is 0 Å². The number of nitrogens with zero attached hydrogens (tertiary/aromatic N) is 5. The Bertz CT molecular complexity index is 664. The molecule has 0 spiro atoms. The van der Waals surface area contributed by atoms with E-state index < -0.39 is 0 Å². The third kappa shape index (κ3) is 3.95. The minimum atomic E-state index is -0.109. The van der Waals surface area contributed by atoms with Gasteiger partial charge in [0.15, 0.2) is 11.6 Å². The predicted octanol–water partition coefficient (Wildman–Crippen LogP) is 1.62. The molecule has 1 saturated heterocycles. The summed E-state index contributed by atoms with van der Waals surface area (Å²) in [6, 6.07) is 2.12. The highest BCUT2D eigenvalue weighted by molar-refractivity contribution is 5.87. The van der Waals surface area contributed by atoms with Gasteiger partial charge in [0.05, 0.1) is 12.6 Å². The highest BCUT2D eigenvalue weighted by Crippen LogP contribution is 2.23. The SMILES string of the molecule is CCCc1noc(CN2CC[C@@H](n3ccc(NC(C)=O)n3)C2)n1. The van der Waals surface area contributed by atoms with Crippen LogP contribution in [0.1, 0.15) is 44.4 Å². The van der Waals surface area contributed by atoms with E-state index in [4.69, 9.17) is 4.52 Å². The van der Waals surface area contributed by atoms with Crippen LogP contribution in [0.5, 0.6) is 0 Å². The van der Waals surface area contributed by atoms with Crippen LogP contribution in [-0.2, 0) is 17.8 Å². The molecule has 0 unspecified atom stereocenters. The zero-order chi connectivity index (χ0) is 16.2. The summed E-state index contributed by atoms with van der Waals surface area (Å²) < 4.78 is 7.21. The highest BCUT2D eigenvalue weighted by Gasteiger charge is 2.26. The van der Waals surface area contributed by atoms with Gasteiger partial charge in [0.2, 0.25) is 11.8 Å². The zero-order valence-corrected chi connectivity index (χ0v) is 13.5. The van der Waals surface area contributed by atoms with E-state index in [0.717, 1.165) is 38.2 Å². The zero-order valence-electron chi connectivity index (χ0n) is 13.5. The Morgan fingerprint density at radius 2 is 2.39 bits per heavy atom. The van der Waals surface area contributed by atoms with Gasteiger partial charge in [0.1, 0.15) is 0 Å². The molecule has 0 saturated carbocycles. The number of aryl methyl sites for hydroxylation is 1. The Kier molecular flexibility index (Phi) is 4.71. The van der Waals surface area contributed by atoms with Crippen LogP contribution in [0.25, 0.3) is 0 Å². The number of amides is 1. The molecule has 124 valence electrons. The van der Waals surface area contributed by atoms with E-state index in [-0.39, 0.29) is 5.91 Å². The van der Waals surface area contributed by atoms with Crippen molar-refractivity contribution in [1.29, 1.82) is 0 Å². The minimum absolute atomic E-state index is 0.109. The van der Waals surface area contributed by atoms with Gasteiger partial charge in [-0.15, -0.1) is 0 Å². The molecule has 0 radical (unpaired) electrons. The van der Waals surface area contributed by atoms with Crippen LogP contribution in [0.2, 0.25) is 0 Å². The third-order valence-corrected chi connectivity index (χ3v) is 3.88. The lowest BCUT2D eigenvalue weighted by molar-refractivity contribution is -0.114. The van der Waals surface area contributed by atoms with Gasteiger partial charge in [0.25, 0.3) is 0 Å². The number of anilines is 1. The van der Waals surface area contributed by atoms with E-state index in [1.165, 1.54) is 6.92 Å². The van der Waals surface area contributed by atoms with Crippen molar-refractivity contribution in [2.24, 2.45) is 0 Å². The average Bonchev–Trinajstić information content (AvgIpc) is 3.20. The van der Waals surface area contributed by atoms with Crippen molar-refractivity contribution in [3.63, 3.8) is 0 Å². The van der Waals surface area contributed by atoms with Crippen molar-refractivity contribution in [3.8, 4) is 0 Å². The van der Waals surface area contributed by atoms with Gasteiger partial charge in [-0.1, -0.05) is 12.1 Å². The normalized spacial score (nSPS) is 18.4. The number of aromatic nitrogens is 4. The summed E-state index contributed by atoms with van der Waals surface area (Å²) >= 11 is 0. The quantitative estimate of drug-likeness (QED) is 0.870. The van der Waals surface area contributed by atoms with E-state index in [1.807, 2.05) is 16.9 Å². The lowest BCUT2D eigenvalue weighted by Gasteiger charge is -2.13. The van der Waals surface area contributed by atoms with Gasteiger partial charge in [-0.2, -0.15) is 10.1 Å². The van der Waals surface area contributed by atoms with Crippen LogP contribution in [-0.4, -0.2) is 43.8 Å². The maximum absolute atomic E-state index is 11.1. The standard InChI is InChI=1S/C15H22N6O2/c1-3-4-14-17-15(23-19-14)10-20-7-5-12(9-20)21-8-6-13(18-21)16-11(2)22/h6,8,12H,3-5,7,9-10H2,1-2H3,(H,16,18,22)/t12-/m1/s1. The molecule has 0 aromatic carbocycles. The Balaban J connectivity index is 1.55. The van der Waals surface area contributed by atoms with Crippen LogP contribution in [0.3, 0.4) is 0 Å². The van der Waals surface area contributed by atoms with Crippen LogP contribution in [0, 0.1) is 0 Å². The van der Waals surface area contributed by atoms with E-state index >= 15 is 0 Å². The molecular formula is C15H22N6O2. The number of carbonyl (C=O) groups is 1. The molecule has 0 aliphatic carbocycles. The number of hydrogen-bond donors (Lipinski definition) is 1. The van der Waals surface area contributed by atoms with Crippen molar-refractivity contribution >= 4 is 11.7 Å². The lowest BCUT2D eigenvalue weighted by atomic mass is 10.3. The summed E-state index contributed by atoms with van der Waals surface area (Å²) in [5.74, 6) is 1.94. The lowest BCUT2D eigenvalue weighted by Crippen LogP contribution is -2.21. The van der Waals surface area contributed by atoms with Gasteiger partial charge in [0, 0.05) is 38.7 Å². The topological polar surface area (TPSA) is 89.1 Å². The van der Waals surface area contributed by atoms with Crippen LogP contribution >= 0.6 is 0 Å². The van der Waals surface area contributed by atoms with Gasteiger partial charge in [-0.05, 0) is 12.8 Å². The summed E-state index contributed by atoms with van der Waals surface area (Å²) in [6.45, 7) is 6.10. The van der Waals surface area contributed by atoms with E-state index in [1.54, 1.807) is 0 Å². The molecule has 1 fully saturated rings. The fraction of sp³-hybridized carbons (Fsp3) is 0.600. The minimum Gasteiger partial charge on any atom is -0.338 e.